The molecule has 3 atom stereocenters. The van der Waals surface area contributed by atoms with E-state index in [4.69, 9.17) is 0 Å². The molecular weight excluding hydrogens is 420 g/mol. The molecule has 0 aromatic heterocycles. The Morgan fingerprint density at radius 1 is 1.03 bits per heavy atom. The quantitative estimate of drug-likeness (QED) is 0.418. The Bertz CT molecular complexity index is 1140. The third-order valence-corrected chi connectivity index (χ3v) is 6.49. The Morgan fingerprint density at radius 3 is 2.52 bits per heavy atom. The van der Waals surface area contributed by atoms with Gasteiger partial charge in [0, 0.05) is 11.6 Å². The highest BCUT2D eigenvalue weighted by Gasteiger charge is 2.32. The lowest BCUT2D eigenvalue weighted by Gasteiger charge is -2.13. The summed E-state index contributed by atoms with van der Waals surface area (Å²) in [7, 11) is -3.69. The molecule has 0 spiro atoms. The van der Waals surface area contributed by atoms with Crippen LogP contribution in [0.25, 0.3) is 0 Å². The summed E-state index contributed by atoms with van der Waals surface area (Å²) in [5.74, 6) is -0.877. The van der Waals surface area contributed by atoms with Crippen LogP contribution in [0.15, 0.2) is 64.5 Å². The van der Waals surface area contributed by atoms with E-state index in [1.807, 2.05) is 30.3 Å². The lowest BCUT2D eigenvalue weighted by atomic mass is 10.0. The maximum atomic E-state index is 12.4. The fourth-order valence-corrected chi connectivity index (χ4v) is 4.67. The Balaban J connectivity index is 1.33. The molecule has 1 fully saturated rings. The van der Waals surface area contributed by atoms with Crippen molar-refractivity contribution >= 4 is 27.7 Å². The monoisotopic (exact) mass is 442 g/mol. The van der Waals surface area contributed by atoms with Crippen LogP contribution in [0.4, 0.5) is 0 Å². The summed E-state index contributed by atoms with van der Waals surface area (Å²) in [6.07, 6.45) is 0.516. The molecule has 2 aliphatic rings. The van der Waals surface area contributed by atoms with E-state index in [1.165, 1.54) is 13.0 Å². The Kier molecular flexibility index (Phi) is 5.72. The number of amidine groups is 1. The average Bonchev–Trinajstić information content (AvgIpc) is 3.36. The number of hydrazine groups is 2. The van der Waals surface area contributed by atoms with Crippen molar-refractivity contribution in [3.63, 3.8) is 0 Å². The van der Waals surface area contributed by atoms with Crippen molar-refractivity contribution in [1.29, 1.82) is 0 Å². The highest BCUT2D eigenvalue weighted by molar-refractivity contribution is 7.90. The summed E-state index contributed by atoms with van der Waals surface area (Å²) in [5.41, 5.74) is 12.2. The van der Waals surface area contributed by atoms with Crippen LogP contribution in [0.3, 0.4) is 0 Å². The first-order valence-electron chi connectivity index (χ1n) is 9.71. The number of benzene rings is 2. The number of amides is 2. The Labute approximate surface area is 179 Å². The van der Waals surface area contributed by atoms with Gasteiger partial charge < -0.3 is 0 Å². The van der Waals surface area contributed by atoms with Gasteiger partial charge in [-0.05, 0) is 31.0 Å². The van der Waals surface area contributed by atoms with Crippen molar-refractivity contribution in [2.75, 3.05) is 0 Å². The second-order valence-corrected chi connectivity index (χ2v) is 8.92. The molecule has 2 aromatic rings. The molecule has 2 aromatic carbocycles. The minimum Gasteiger partial charge on any atom is -0.271 e. The lowest BCUT2D eigenvalue weighted by Crippen LogP contribution is -2.52. The van der Waals surface area contributed by atoms with E-state index < -0.39 is 33.9 Å². The predicted octanol–water partition coefficient (Wildman–Crippen LogP) is -0.131. The third-order valence-electron chi connectivity index (χ3n) is 5.10. The summed E-state index contributed by atoms with van der Waals surface area (Å²) >= 11 is 0. The number of hydrogen-bond acceptors (Lipinski definition) is 7. The number of carbonyl (C=O) groups is 2. The fraction of sp³-hybridized carbons (Fsp3) is 0.250. The van der Waals surface area contributed by atoms with Crippen LogP contribution in [-0.4, -0.2) is 38.2 Å². The third kappa shape index (κ3) is 4.43. The van der Waals surface area contributed by atoms with E-state index in [-0.39, 0.29) is 16.8 Å². The zero-order valence-corrected chi connectivity index (χ0v) is 17.4. The number of rotatable bonds is 4. The highest BCUT2D eigenvalue weighted by Crippen LogP contribution is 2.23. The molecule has 2 amide bonds. The summed E-state index contributed by atoms with van der Waals surface area (Å²) in [4.78, 5) is 29.0. The first-order valence-corrected chi connectivity index (χ1v) is 11.2. The average molecular weight is 443 g/mol. The topological polar surface area (TPSA) is 141 Å². The van der Waals surface area contributed by atoms with E-state index in [1.54, 1.807) is 18.2 Å². The second-order valence-electron chi connectivity index (χ2n) is 7.27. The summed E-state index contributed by atoms with van der Waals surface area (Å²) in [6.45, 7) is 1.50. The van der Waals surface area contributed by atoms with Crippen molar-refractivity contribution in [2.45, 2.75) is 36.4 Å². The molecule has 5 N–H and O–H groups in total. The Hall–Kier alpha value is -3.28. The number of aliphatic imine (C=N–C) groups is 1. The van der Waals surface area contributed by atoms with Gasteiger partial charge >= 0.3 is 0 Å². The number of hydrogen-bond donors (Lipinski definition) is 5. The molecule has 0 radical (unpaired) electrons. The minimum atomic E-state index is -3.69. The molecular formula is C20H22N6O4S. The highest BCUT2D eigenvalue weighted by atomic mass is 32.2. The van der Waals surface area contributed by atoms with E-state index in [9.17, 15) is 18.0 Å². The van der Waals surface area contributed by atoms with Gasteiger partial charge in [-0.1, -0.05) is 42.5 Å². The van der Waals surface area contributed by atoms with Gasteiger partial charge in [0.25, 0.3) is 21.8 Å². The number of nitrogens with zero attached hydrogens (tertiary/aromatic N) is 1. The number of fused-ring (bicyclic) bond motifs is 1. The SMILES string of the molecule is CC(N=C1NS(=O)(=O)c2ccccc21)C(=O)NNC(=O)C1CC(c2ccccc2)NN1. The molecule has 3 unspecified atom stereocenters. The Morgan fingerprint density at radius 2 is 1.74 bits per heavy atom. The lowest BCUT2D eigenvalue weighted by molar-refractivity contribution is -0.130. The van der Waals surface area contributed by atoms with E-state index in [0.717, 1.165) is 5.56 Å². The molecule has 0 aliphatic carbocycles. The van der Waals surface area contributed by atoms with Gasteiger partial charge in [0.05, 0.1) is 4.90 Å². The largest absolute Gasteiger partial charge is 0.271 e. The van der Waals surface area contributed by atoms with E-state index in [0.29, 0.717) is 12.0 Å². The molecule has 4 rings (SSSR count). The minimum absolute atomic E-state index is 0.0200. The molecule has 162 valence electrons. The van der Waals surface area contributed by atoms with Crippen LogP contribution in [0.1, 0.15) is 30.5 Å². The molecule has 0 bridgehead atoms. The fourth-order valence-electron chi connectivity index (χ4n) is 3.43. The van der Waals surface area contributed by atoms with Crippen LogP contribution < -0.4 is 26.4 Å². The molecule has 11 heteroatoms. The van der Waals surface area contributed by atoms with Gasteiger partial charge in [-0.2, -0.15) is 0 Å². The maximum absolute atomic E-state index is 12.4. The normalized spacial score (nSPS) is 23.6. The zero-order valence-electron chi connectivity index (χ0n) is 16.6. The van der Waals surface area contributed by atoms with Gasteiger partial charge in [-0.15, -0.1) is 0 Å². The van der Waals surface area contributed by atoms with Crippen LogP contribution in [0.2, 0.25) is 0 Å². The number of sulfonamides is 1. The van der Waals surface area contributed by atoms with E-state index in [2.05, 4.69) is 31.4 Å². The van der Waals surface area contributed by atoms with Crippen LogP contribution in [0, 0.1) is 0 Å². The summed E-state index contributed by atoms with van der Waals surface area (Å²) in [5, 5.41) is 0. The first-order chi connectivity index (χ1) is 14.8. The summed E-state index contributed by atoms with van der Waals surface area (Å²) in [6, 6.07) is 14.6. The molecule has 0 saturated carbocycles. The molecule has 10 nitrogen and oxygen atoms in total. The zero-order chi connectivity index (χ0) is 22.0. The van der Waals surface area contributed by atoms with Gasteiger partial charge in [-0.25, -0.2) is 19.3 Å². The van der Waals surface area contributed by atoms with Crippen molar-refractivity contribution in [3.05, 3.63) is 65.7 Å². The van der Waals surface area contributed by atoms with E-state index >= 15 is 0 Å². The van der Waals surface area contributed by atoms with Crippen LogP contribution in [0.5, 0.6) is 0 Å². The molecule has 2 aliphatic heterocycles. The van der Waals surface area contributed by atoms with Crippen LogP contribution in [-0.2, 0) is 19.6 Å². The molecule has 31 heavy (non-hydrogen) atoms. The summed E-state index contributed by atoms with van der Waals surface area (Å²) < 4.78 is 26.6. The second kappa shape index (κ2) is 8.46. The van der Waals surface area contributed by atoms with Crippen LogP contribution >= 0.6 is 0 Å². The smallest absolute Gasteiger partial charge is 0.263 e. The van der Waals surface area contributed by atoms with Gasteiger partial charge in [-0.3, -0.25) is 30.2 Å². The maximum Gasteiger partial charge on any atom is 0.263 e. The predicted molar refractivity (Wildman–Crippen MR) is 113 cm³/mol. The standard InChI is InChI=1S/C20H22N6O4S/c1-12(21-18-14-9-5-6-10-17(14)31(29,30)26-18)19(27)24-25-20(28)16-11-15(22-23-16)13-7-3-2-4-8-13/h2-10,12,15-16,22-23H,11H2,1H3,(H,21,26)(H,24,27)(H,25,28). The first kappa shape index (κ1) is 21.0. The van der Waals surface area contributed by atoms with Crippen molar-refractivity contribution in [3.8, 4) is 0 Å². The van der Waals surface area contributed by atoms with Gasteiger partial charge in [0.2, 0.25) is 0 Å². The van der Waals surface area contributed by atoms with Crippen molar-refractivity contribution in [1.82, 2.24) is 26.4 Å². The number of carbonyl (C=O) groups excluding carboxylic acids is 2. The molecule has 1 saturated heterocycles. The van der Waals surface area contributed by atoms with Gasteiger partial charge in [0.1, 0.15) is 17.9 Å². The number of nitrogens with one attached hydrogen (secondary N) is 5. The van der Waals surface area contributed by atoms with Gasteiger partial charge in [0.15, 0.2) is 0 Å². The van der Waals surface area contributed by atoms with Crippen molar-refractivity contribution < 1.29 is 18.0 Å². The molecule has 2 heterocycles. The van der Waals surface area contributed by atoms with Crippen molar-refractivity contribution in [2.24, 2.45) is 4.99 Å².